The molecule has 0 saturated carbocycles. The van der Waals surface area contributed by atoms with Gasteiger partial charge in [0.15, 0.2) is 0 Å². The van der Waals surface area contributed by atoms with Gasteiger partial charge in [0.2, 0.25) is 0 Å². The predicted molar refractivity (Wildman–Crippen MR) is 88.0 cm³/mol. The molecule has 0 aliphatic carbocycles. The topological polar surface area (TPSA) is 75.6 Å². The van der Waals surface area contributed by atoms with E-state index >= 15 is 0 Å². The third kappa shape index (κ3) is 6.54. The van der Waals surface area contributed by atoms with E-state index in [0.29, 0.717) is 17.7 Å². The van der Waals surface area contributed by atoms with Crippen LogP contribution in [0, 0.1) is 19.3 Å². The van der Waals surface area contributed by atoms with E-state index in [1.165, 1.54) is 0 Å². The SMILES string of the molecule is C#Cc1cc(CNCC(=O)OC(C)(C)C)cc(CC(=O)O)c1C. The van der Waals surface area contributed by atoms with Crippen LogP contribution < -0.4 is 5.32 Å². The number of benzene rings is 1. The standard InChI is InChI=1S/C18H23NO4/c1-6-14-7-13(8-15(12(14)2)9-16(20)21)10-19-11-17(22)23-18(3,4)5/h1,7-8,19H,9-11H2,2-5H3,(H,20,21). The average Bonchev–Trinajstić information content (AvgIpc) is 2.39. The van der Waals surface area contributed by atoms with Crippen LogP contribution in [-0.2, 0) is 27.3 Å². The summed E-state index contributed by atoms with van der Waals surface area (Å²) in [6, 6.07) is 3.62. The third-order valence-corrected chi connectivity index (χ3v) is 3.09. The smallest absolute Gasteiger partial charge is 0.320 e. The summed E-state index contributed by atoms with van der Waals surface area (Å²) in [5.41, 5.74) is 2.46. The average molecular weight is 317 g/mol. The Bertz CT molecular complexity index is 636. The van der Waals surface area contributed by atoms with E-state index in [1.54, 1.807) is 6.07 Å². The Morgan fingerprint density at radius 2 is 2.00 bits per heavy atom. The maximum atomic E-state index is 11.6. The molecule has 0 heterocycles. The molecule has 0 radical (unpaired) electrons. The van der Waals surface area contributed by atoms with Gasteiger partial charge in [-0.3, -0.25) is 9.59 Å². The zero-order valence-corrected chi connectivity index (χ0v) is 14.0. The highest BCUT2D eigenvalue weighted by molar-refractivity contribution is 5.72. The van der Waals surface area contributed by atoms with Gasteiger partial charge >= 0.3 is 11.9 Å². The molecule has 0 atom stereocenters. The summed E-state index contributed by atoms with van der Waals surface area (Å²) < 4.78 is 5.20. The molecule has 0 bridgehead atoms. The number of carboxylic acid groups (broad SMARTS) is 1. The predicted octanol–water partition coefficient (Wildman–Crippen LogP) is 2.03. The summed E-state index contributed by atoms with van der Waals surface area (Å²) in [6.45, 7) is 7.71. The molecule has 124 valence electrons. The van der Waals surface area contributed by atoms with Crippen molar-refractivity contribution in [2.75, 3.05) is 6.54 Å². The first-order chi connectivity index (χ1) is 10.6. The molecule has 1 aromatic rings. The highest BCUT2D eigenvalue weighted by atomic mass is 16.6. The molecule has 0 aliphatic heterocycles. The number of carbonyl (C=O) groups is 2. The number of aliphatic carboxylic acids is 1. The van der Waals surface area contributed by atoms with E-state index in [9.17, 15) is 9.59 Å². The van der Waals surface area contributed by atoms with Crippen molar-refractivity contribution in [3.05, 3.63) is 34.4 Å². The Morgan fingerprint density at radius 1 is 1.35 bits per heavy atom. The van der Waals surface area contributed by atoms with Crippen molar-refractivity contribution in [1.29, 1.82) is 0 Å². The minimum atomic E-state index is -0.907. The van der Waals surface area contributed by atoms with Gasteiger partial charge in [-0.2, -0.15) is 0 Å². The van der Waals surface area contributed by atoms with Crippen molar-refractivity contribution >= 4 is 11.9 Å². The molecule has 0 unspecified atom stereocenters. The van der Waals surface area contributed by atoms with E-state index in [2.05, 4.69) is 11.2 Å². The van der Waals surface area contributed by atoms with E-state index in [4.69, 9.17) is 16.3 Å². The van der Waals surface area contributed by atoms with Crippen molar-refractivity contribution < 1.29 is 19.4 Å². The number of terminal acetylenes is 1. The summed E-state index contributed by atoms with van der Waals surface area (Å²) in [4.78, 5) is 22.6. The molecule has 0 saturated heterocycles. The van der Waals surface area contributed by atoms with Crippen LogP contribution in [0.5, 0.6) is 0 Å². The van der Waals surface area contributed by atoms with Crippen LogP contribution in [-0.4, -0.2) is 29.2 Å². The number of rotatable bonds is 6. The molecule has 0 aromatic heterocycles. The number of hydrogen-bond acceptors (Lipinski definition) is 4. The lowest BCUT2D eigenvalue weighted by molar-refractivity contribution is -0.153. The van der Waals surface area contributed by atoms with Gasteiger partial charge in [-0.05, 0) is 50.5 Å². The second-order valence-corrected chi connectivity index (χ2v) is 6.33. The highest BCUT2D eigenvalue weighted by Gasteiger charge is 2.16. The van der Waals surface area contributed by atoms with Gasteiger partial charge in [-0.25, -0.2) is 0 Å². The molecule has 0 aliphatic rings. The Hall–Kier alpha value is -2.32. The first kappa shape index (κ1) is 18.7. The number of hydrogen-bond donors (Lipinski definition) is 2. The van der Waals surface area contributed by atoms with Crippen molar-refractivity contribution in [3.8, 4) is 12.3 Å². The molecule has 1 aromatic carbocycles. The first-order valence-electron chi connectivity index (χ1n) is 7.35. The van der Waals surface area contributed by atoms with Crippen LogP contribution >= 0.6 is 0 Å². The lowest BCUT2D eigenvalue weighted by Gasteiger charge is -2.19. The summed E-state index contributed by atoms with van der Waals surface area (Å²) in [6.07, 6.45) is 5.39. The van der Waals surface area contributed by atoms with Gasteiger partial charge < -0.3 is 15.2 Å². The number of nitrogens with one attached hydrogen (secondary N) is 1. The largest absolute Gasteiger partial charge is 0.481 e. The molecule has 0 fully saturated rings. The minimum absolute atomic E-state index is 0.0742. The maximum Gasteiger partial charge on any atom is 0.320 e. The fraction of sp³-hybridized carbons (Fsp3) is 0.444. The third-order valence-electron chi connectivity index (χ3n) is 3.09. The molecule has 5 heteroatoms. The van der Waals surface area contributed by atoms with Crippen LogP contribution in [0.4, 0.5) is 0 Å². The summed E-state index contributed by atoms with van der Waals surface area (Å²) >= 11 is 0. The molecular weight excluding hydrogens is 294 g/mol. The normalized spacial score (nSPS) is 10.9. The van der Waals surface area contributed by atoms with E-state index in [-0.39, 0.29) is 18.9 Å². The second-order valence-electron chi connectivity index (χ2n) is 6.33. The van der Waals surface area contributed by atoms with E-state index in [1.807, 2.05) is 33.8 Å². The van der Waals surface area contributed by atoms with Crippen molar-refractivity contribution in [2.45, 2.75) is 46.3 Å². The van der Waals surface area contributed by atoms with Crippen molar-refractivity contribution in [2.24, 2.45) is 0 Å². The first-order valence-corrected chi connectivity index (χ1v) is 7.35. The molecule has 2 N–H and O–H groups in total. The number of carboxylic acids is 1. The Balaban J connectivity index is 2.75. The maximum absolute atomic E-state index is 11.6. The van der Waals surface area contributed by atoms with Gasteiger partial charge in [0.25, 0.3) is 0 Å². The van der Waals surface area contributed by atoms with Gasteiger partial charge in [0.1, 0.15) is 5.60 Å². The zero-order valence-electron chi connectivity index (χ0n) is 14.0. The fourth-order valence-electron chi connectivity index (χ4n) is 2.13. The monoisotopic (exact) mass is 317 g/mol. The Labute approximate surface area is 137 Å². The molecular formula is C18H23NO4. The fourth-order valence-corrected chi connectivity index (χ4v) is 2.13. The van der Waals surface area contributed by atoms with Gasteiger partial charge in [-0.1, -0.05) is 12.0 Å². The van der Waals surface area contributed by atoms with Gasteiger partial charge in [0, 0.05) is 12.1 Å². The Morgan fingerprint density at radius 3 is 2.52 bits per heavy atom. The quantitative estimate of drug-likeness (QED) is 0.620. The lowest BCUT2D eigenvalue weighted by atomic mass is 9.97. The zero-order chi connectivity index (χ0) is 17.6. The summed E-state index contributed by atoms with van der Waals surface area (Å²) in [5, 5.41) is 12.0. The van der Waals surface area contributed by atoms with Crippen LogP contribution in [0.2, 0.25) is 0 Å². The lowest BCUT2D eigenvalue weighted by Crippen LogP contribution is -2.31. The highest BCUT2D eigenvalue weighted by Crippen LogP contribution is 2.17. The van der Waals surface area contributed by atoms with Crippen molar-refractivity contribution in [3.63, 3.8) is 0 Å². The van der Waals surface area contributed by atoms with Crippen LogP contribution in [0.15, 0.2) is 12.1 Å². The molecule has 1 rings (SSSR count). The van der Waals surface area contributed by atoms with Gasteiger partial charge in [-0.15, -0.1) is 6.42 Å². The van der Waals surface area contributed by atoms with Crippen LogP contribution in [0.25, 0.3) is 0 Å². The molecule has 0 spiro atoms. The Kier molecular flexibility index (Phi) is 6.35. The molecule has 23 heavy (non-hydrogen) atoms. The van der Waals surface area contributed by atoms with Gasteiger partial charge in [0.05, 0.1) is 13.0 Å². The molecule has 5 nitrogen and oxygen atoms in total. The summed E-state index contributed by atoms with van der Waals surface area (Å²) in [5.74, 6) is 1.32. The number of ether oxygens (including phenoxy) is 1. The minimum Gasteiger partial charge on any atom is -0.481 e. The summed E-state index contributed by atoms with van der Waals surface area (Å²) in [7, 11) is 0. The second kappa shape index (κ2) is 7.80. The number of esters is 1. The van der Waals surface area contributed by atoms with E-state index < -0.39 is 11.6 Å². The molecule has 0 amide bonds. The number of carbonyl (C=O) groups excluding carboxylic acids is 1. The van der Waals surface area contributed by atoms with Crippen LogP contribution in [0.3, 0.4) is 0 Å². The van der Waals surface area contributed by atoms with Crippen LogP contribution in [0.1, 0.15) is 43.0 Å². The van der Waals surface area contributed by atoms with Crippen molar-refractivity contribution in [1.82, 2.24) is 5.32 Å². The van der Waals surface area contributed by atoms with E-state index in [0.717, 1.165) is 11.1 Å².